The second kappa shape index (κ2) is 16.1. The van der Waals surface area contributed by atoms with Crippen LogP contribution in [-0.4, -0.2) is 34.8 Å². The van der Waals surface area contributed by atoms with Gasteiger partial charge < -0.3 is 14.8 Å². The lowest BCUT2D eigenvalue weighted by atomic mass is 10.0. The number of carbonyl (C=O) groups excluding carboxylic acids is 2. The van der Waals surface area contributed by atoms with E-state index in [1.807, 2.05) is 142 Å². The van der Waals surface area contributed by atoms with E-state index in [9.17, 15) is 9.59 Å². The van der Waals surface area contributed by atoms with E-state index < -0.39 is 17.8 Å². The number of carbonyl (C=O) groups is 2. The summed E-state index contributed by atoms with van der Waals surface area (Å²) >= 11 is 0. The van der Waals surface area contributed by atoms with Gasteiger partial charge in [-0.2, -0.15) is 0 Å². The van der Waals surface area contributed by atoms with Gasteiger partial charge in [0, 0.05) is 6.54 Å². The first kappa shape index (κ1) is 32.1. The first-order chi connectivity index (χ1) is 21.2. The molecule has 0 aliphatic carbocycles. The number of ether oxygens (including phenoxy) is 2. The molecule has 0 radical (unpaired) electrons. The highest BCUT2D eigenvalue weighted by atomic mass is 16.6. The fraction of sp³-hybridized carbons (Fsp3) is 0.263. The number of nitrogens with one attached hydrogen (secondary N) is 1. The molecule has 6 nitrogen and oxygen atoms in total. The Bertz CT molecular complexity index is 1450. The standard InChI is InChI=1S/C38H42N2O4/c1-38(2,3)44-36(41)39-34(26-30-16-8-4-9-17-30)24-25-35(27-31-18-10-5-11-19-31)40(28-32-20-12-6-13-21-32)37(42)43-29-33-22-14-7-15-23-33/h4-25,34-35H,26-29H2,1-3H3,(H,39,41). The van der Waals surface area contributed by atoms with Crippen LogP contribution < -0.4 is 5.32 Å². The molecule has 2 amide bonds. The van der Waals surface area contributed by atoms with Crippen LogP contribution in [0.4, 0.5) is 9.59 Å². The Morgan fingerprint density at radius 2 is 1.16 bits per heavy atom. The Kier molecular flexibility index (Phi) is 11.8. The van der Waals surface area contributed by atoms with E-state index in [0.29, 0.717) is 19.4 Å². The third-order valence-electron chi connectivity index (χ3n) is 6.89. The number of benzene rings is 4. The Morgan fingerprint density at radius 3 is 1.68 bits per heavy atom. The van der Waals surface area contributed by atoms with Crippen LogP contribution >= 0.6 is 0 Å². The molecule has 0 heterocycles. The van der Waals surface area contributed by atoms with Crippen molar-refractivity contribution >= 4 is 12.2 Å². The predicted molar refractivity (Wildman–Crippen MR) is 175 cm³/mol. The van der Waals surface area contributed by atoms with Crippen LogP contribution in [0.2, 0.25) is 0 Å². The summed E-state index contributed by atoms with van der Waals surface area (Å²) in [7, 11) is 0. The molecule has 0 fully saturated rings. The molecule has 0 saturated heterocycles. The molecule has 1 N–H and O–H groups in total. The van der Waals surface area contributed by atoms with Crippen molar-refractivity contribution in [1.29, 1.82) is 0 Å². The molecule has 0 aliphatic rings. The van der Waals surface area contributed by atoms with Crippen molar-refractivity contribution in [2.75, 3.05) is 0 Å². The van der Waals surface area contributed by atoms with Crippen molar-refractivity contribution in [3.63, 3.8) is 0 Å². The fourth-order valence-corrected chi connectivity index (χ4v) is 4.79. The first-order valence-corrected chi connectivity index (χ1v) is 15.0. The fourth-order valence-electron chi connectivity index (χ4n) is 4.79. The number of alkyl carbamates (subject to hydrolysis) is 1. The molecule has 44 heavy (non-hydrogen) atoms. The van der Waals surface area contributed by atoms with Crippen molar-refractivity contribution < 1.29 is 19.1 Å². The van der Waals surface area contributed by atoms with Gasteiger partial charge in [-0.3, -0.25) is 4.90 Å². The summed E-state index contributed by atoms with van der Waals surface area (Å²) in [4.78, 5) is 28.4. The second-order valence-electron chi connectivity index (χ2n) is 11.7. The van der Waals surface area contributed by atoms with Crippen LogP contribution in [0.5, 0.6) is 0 Å². The molecule has 0 saturated carbocycles. The van der Waals surface area contributed by atoms with Crippen molar-refractivity contribution in [3.05, 3.63) is 156 Å². The van der Waals surface area contributed by atoms with Gasteiger partial charge in [0.1, 0.15) is 12.2 Å². The van der Waals surface area contributed by atoms with Gasteiger partial charge in [-0.25, -0.2) is 9.59 Å². The van der Waals surface area contributed by atoms with Gasteiger partial charge in [-0.15, -0.1) is 0 Å². The lowest BCUT2D eigenvalue weighted by Gasteiger charge is -2.30. The van der Waals surface area contributed by atoms with Crippen molar-refractivity contribution in [2.24, 2.45) is 0 Å². The number of hydrogen-bond acceptors (Lipinski definition) is 4. The number of hydrogen-bond donors (Lipinski definition) is 1. The first-order valence-electron chi connectivity index (χ1n) is 15.0. The Morgan fingerprint density at radius 1 is 0.682 bits per heavy atom. The minimum atomic E-state index is -0.629. The minimum Gasteiger partial charge on any atom is -0.445 e. The van der Waals surface area contributed by atoms with Gasteiger partial charge >= 0.3 is 12.2 Å². The van der Waals surface area contributed by atoms with Gasteiger partial charge in [-0.1, -0.05) is 133 Å². The summed E-state index contributed by atoms with van der Waals surface area (Å²) in [5, 5.41) is 3.02. The maximum Gasteiger partial charge on any atom is 0.410 e. The van der Waals surface area contributed by atoms with Crippen LogP contribution in [-0.2, 0) is 35.5 Å². The molecular formula is C38H42N2O4. The van der Waals surface area contributed by atoms with E-state index in [2.05, 4.69) is 17.4 Å². The highest BCUT2D eigenvalue weighted by molar-refractivity contribution is 5.69. The van der Waals surface area contributed by atoms with Crippen molar-refractivity contribution in [1.82, 2.24) is 10.2 Å². The summed E-state index contributed by atoms with van der Waals surface area (Å²) < 4.78 is 11.4. The minimum absolute atomic E-state index is 0.170. The van der Waals surface area contributed by atoms with Crippen molar-refractivity contribution in [2.45, 2.75) is 64.4 Å². The van der Waals surface area contributed by atoms with E-state index in [1.165, 1.54) is 0 Å². The van der Waals surface area contributed by atoms with E-state index in [0.717, 1.165) is 22.3 Å². The topological polar surface area (TPSA) is 67.9 Å². The van der Waals surface area contributed by atoms with E-state index in [4.69, 9.17) is 9.47 Å². The van der Waals surface area contributed by atoms with Gasteiger partial charge in [-0.05, 0) is 55.9 Å². The van der Waals surface area contributed by atoms with Crippen LogP contribution in [0.25, 0.3) is 0 Å². The van der Waals surface area contributed by atoms with Crippen LogP contribution in [0.3, 0.4) is 0 Å². The highest BCUT2D eigenvalue weighted by Crippen LogP contribution is 2.18. The predicted octanol–water partition coefficient (Wildman–Crippen LogP) is 8.13. The zero-order valence-electron chi connectivity index (χ0n) is 25.8. The molecule has 4 aromatic rings. The summed E-state index contributed by atoms with van der Waals surface area (Å²) in [6.07, 6.45) is 4.19. The van der Waals surface area contributed by atoms with E-state index in [1.54, 1.807) is 4.90 Å². The molecule has 0 aliphatic heterocycles. The zero-order chi connectivity index (χ0) is 31.2. The van der Waals surface area contributed by atoms with Crippen molar-refractivity contribution in [3.8, 4) is 0 Å². The number of amides is 2. The Balaban J connectivity index is 1.65. The summed E-state index contributed by atoms with van der Waals surface area (Å²) in [5.41, 5.74) is 3.43. The molecule has 4 aromatic carbocycles. The summed E-state index contributed by atoms with van der Waals surface area (Å²) in [6, 6.07) is 38.9. The normalized spacial score (nSPS) is 12.7. The lowest BCUT2D eigenvalue weighted by molar-refractivity contribution is 0.0513. The zero-order valence-corrected chi connectivity index (χ0v) is 25.8. The molecule has 0 aromatic heterocycles. The molecule has 2 unspecified atom stereocenters. The molecule has 0 bridgehead atoms. The third kappa shape index (κ3) is 11.1. The van der Waals surface area contributed by atoms with Crippen LogP contribution in [0.1, 0.15) is 43.0 Å². The monoisotopic (exact) mass is 590 g/mol. The van der Waals surface area contributed by atoms with Gasteiger partial charge in [0.05, 0.1) is 12.1 Å². The largest absolute Gasteiger partial charge is 0.445 e. The lowest BCUT2D eigenvalue weighted by Crippen LogP contribution is -2.42. The quantitative estimate of drug-likeness (QED) is 0.169. The SMILES string of the molecule is CC(C)(C)OC(=O)NC(C=CC(Cc1ccccc1)N(Cc1ccccc1)C(=O)OCc1ccccc1)Cc1ccccc1. The number of nitrogens with zero attached hydrogens (tertiary/aromatic N) is 1. The van der Waals surface area contributed by atoms with Gasteiger partial charge in [0.2, 0.25) is 0 Å². The van der Waals surface area contributed by atoms with E-state index in [-0.39, 0.29) is 18.7 Å². The van der Waals surface area contributed by atoms with E-state index >= 15 is 0 Å². The second-order valence-corrected chi connectivity index (χ2v) is 11.7. The van der Waals surface area contributed by atoms with Gasteiger partial charge in [0.25, 0.3) is 0 Å². The third-order valence-corrected chi connectivity index (χ3v) is 6.89. The summed E-state index contributed by atoms with van der Waals surface area (Å²) in [6.45, 7) is 6.05. The maximum atomic E-state index is 13.8. The average Bonchev–Trinajstić information content (AvgIpc) is 3.02. The van der Waals surface area contributed by atoms with Gasteiger partial charge in [0.15, 0.2) is 0 Å². The molecule has 2 atom stereocenters. The molecular weight excluding hydrogens is 548 g/mol. The van der Waals surface area contributed by atoms with Crippen LogP contribution in [0, 0.1) is 0 Å². The maximum absolute atomic E-state index is 13.8. The highest BCUT2D eigenvalue weighted by Gasteiger charge is 2.25. The van der Waals surface area contributed by atoms with Crippen LogP contribution in [0.15, 0.2) is 133 Å². The number of rotatable bonds is 12. The molecule has 228 valence electrons. The molecule has 0 spiro atoms. The Labute approximate surface area is 261 Å². The molecule has 6 heteroatoms. The summed E-state index contributed by atoms with van der Waals surface area (Å²) in [5.74, 6) is 0. The Hall–Kier alpha value is -4.84. The molecule has 4 rings (SSSR count). The average molecular weight is 591 g/mol. The smallest absolute Gasteiger partial charge is 0.410 e.